The first-order valence-electron chi connectivity index (χ1n) is 5.48. The van der Waals surface area contributed by atoms with E-state index in [2.05, 4.69) is 4.99 Å². The highest BCUT2D eigenvalue weighted by atomic mass is 19.1. The summed E-state index contributed by atoms with van der Waals surface area (Å²) in [6, 6.07) is 6.01. The molecule has 1 unspecified atom stereocenters. The molecule has 1 aromatic carbocycles. The van der Waals surface area contributed by atoms with E-state index in [1.807, 2.05) is 6.08 Å². The first kappa shape index (κ1) is 12.2. The van der Waals surface area contributed by atoms with Crippen LogP contribution in [-0.4, -0.2) is 23.8 Å². The van der Waals surface area contributed by atoms with Gasteiger partial charge >= 0.3 is 5.97 Å². The van der Waals surface area contributed by atoms with Crippen molar-refractivity contribution in [2.75, 3.05) is 6.54 Å². The lowest BCUT2D eigenvalue weighted by atomic mass is 9.79. The van der Waals surface area contributed by atoms with E-state index in [9.17, 15) is 9.18 Å². The molecule has 0 amide bonds. The Hall–Kier alpha value is -2.23. The van der Waals surface area contributed by atoms with Crippen LogP contribution in [0.2, 0.25) is 0 Å². The van der Waals surface area contributed by atoms with Crippen LogP contribution in [-0.2, 0) is 10.2 Å². The lowest BCUT2D eigenvalue weighted by Crippen LogP contribution is -2.27. The van der Waals surface area contributed by atoms with Gasteiger partial charge in [-0.25, -0.2) is 9.18 Å². The van der Waals surface area contributed by atoms with Crippen LogP contribution in [0.15, 0.2) is 53.6 Å². The number of halogens is 1. The molecule has 0 saturated carbocycles. The highest BCUT2D eigenvalue weighted by Crippen LogP contribution is 2.30. The molecule has 1 atom stereocenters. The maximum Gasteiger partial charge on any atom is 0.328 e. The number of rotatable bonds is 3. The van der Waals surface area contributed by atoms with Gasteiger partial charge in [0, 0.05) is 12.3 Å². The molecule has 0 radical (unpaired) electrons. The highest BCUT2D eigenvalue weighted by Gasteiger charge is 2.27. The summed E-state index contributed by atoms with van der Waals surface area (Å²) >= 11 is 0. The Bertz CT molecular complexity index is 531. The standard InChI is InChI=1S/C14H12FNO2/c15-12-4-2-11(3-5-12)14(8-6-13(17)18)7-1-9-16-10-14/h1-9H,10H2,(H,17,18)/b8-6+. The molecule has 0 bridgehead atoms. The average Bonchev–Trinajstić information content (AvgIpc) is 2.38. The molecule has 0 spiro atoms. The van der Waals surface area contributed by atoms with Crippen LogP contribution >= 0.6 is 0 Å². The van der Waals surface area contributed by atoms with Crippen LogP contribution in [0.5, 0.6) is 0 Å². The zero-order valence-corrected chi connectivity index (χ0v) is 9.58. The molecular weight excluding hydrogens is 233 g/mol. The predicted molar refractivity (Wildman–Crippen MR) is 67.4 cm³/mol. The Morgan fingerprint density at radius 3 is 2.67 bits per heavy atom. The third kappa shape index (κ3) is 2.53. The monoisotopic (exact) mass is 245 g/mol. The van der Waals surface area contributed by atoms with Crippen LogP contribution in [0.3, 0.4) is 0 Å². The molecule has 18 heavy (non-hydrogen) atoms. The summed E-state index contributed by atoms with van der Waals surface area (Å²) in [6.45, 7) is 0.416. The Morgan fingerprint density at radius 2 is 2.11 bits per heavy atom. The second-order valence-corrected chi connectivity index (χ2v) is 4.07. The first-order valence-corrected chi connectivity index (χ1v) is 5.48. The highest BCUT2D eigenvalue weighted by molar-refractivity contribution is 5.81. The fourth-order valence-corrected chi connectivity index (χ4v) is 1.90. The van der Waals surface area contributed by atoms with E-state index < -0.39 is 11.4 Å². The lowest BCUT2D eigenvalue weighted by molar-refractivity contribution is -0.131. The van der Waals surface area contributed by atoms with E-state index in [1.54, 1.807) is 30.5 Å². The Labute approximate surface area is 104 Å². The smallest absolute Gasteiger partial charge is 0.328 e. The average molecular weight is 245 g/mol. The summed E-state index contributed by atoms with van der Waals surface area (Å²) < 4.78 is 12.9. The molecule has 1 N–H and O–H groups in total. The predicted octanol–water partition coefficient (Wildman–Crippen LogP) is 2.34. The normalized spacial score (nSPS) is 22.5. The molecule has 2 rings (SSSR count). The number of allylic oxidation sites excluding steroid dienone is 1. The number of nitrogens with zero attached hydrogens (tertiary/aromatic N) is 1. The van der Waals surface area contributed by atoms with Gasteiger partial charge in [0.25, 0.3) is 0 Å². The van der Waals surface area contributed by atoms with Gasteiger partial charge in [-0.2, -0.15) is 0 Å². The van der Waals surface area contributed by atoms with Crippen molar-refractivity contribution in [1.29, 1.82) is 0 Å². The molecule has 0 aliphatic carbocycles. The van der Waals surface area contributed by atoms with E-state index in [-0.39, 0.29) is 5.82 Å². The molecule has 1 aliphatic rings. The summed E-state index contributed by atoms with van der Waals surface area (Å²) in [6.07, 6.45) is 7.96. The van der Waals surface area contributed by atoms with Crippen LogP contribution in [0.25, 0.3) is 0 Å². The van der Waals surface area contributed by atoms with Crippen LogP contribution in [0.1, 0.15) is 5.56 Å². The van der Waals surface area contributed by atoms with E-state index in [0.29, 0.717) is 6.54 Å². The largest absolute Gasteiger partial charge is 0.478 e. The third-order valence-corrected chi connectivity index (χ3v) is 2.84. The summed E-state index contributed by atoms with van der Waals surface area (Å²) in [5.41, 5.74) is 0.204. The summed E-state index contributed by atoms with van der Waals surface area (Å²) in [7, 11) is 0. The van der Waals surface area contributed by atoms with Gasteiger partial charge < -0.3 is 5.11 Å². The van der Waals surface area contributed by atoms with Crippen LogP contribution in [0, 0.1) is 5.82 Å². The van der Waals surface area contributed by atoms with Crippen molar-refractivity contribution < 1.29 is 14.3 Å². The molecule has 0 aromatic heterocycles. The minimum absolute atomic E-state index is 0.320. The van der Waals surface area contributed by atoms with Gasteiger partial charge in [-0.15, -0.1) is 0 Å². The molecule has 3 nitrogen and oxygen atoms in total. The number of carboxylic acids is 1. The molecule has 0 saturated heterocycles. The maximum atomic E-state index is 12.9. The van der Waals surface area contributed by atoms with Crippen molar-refractivity contribution in [3.8, 4) is 0 Å². The lowest BCUT2D eigenvalue weighted by Gasteiger charge is -2.27. The van der Waals surface area contributed by atoms with E-state index in [4.69, 9.17) is 5.11 Å². The van der Waals surface area contributed by atoms with E-state index in [0.717, 1.165) is 11.6 Å². The number of carbonyl (C=O) groups is 1. The maximum absolute atomic E-state index is 12.9. The molecule has 1 aliphatic heterocycles. The number of dihydropyridines is 1. The summed E-state index contributed by atoms with van der Waals surface area (Å²) in [5, 5.41) is 8.74. The number of benzene rings is 1. The first-order chi connectivity index (χ1) is 8.62. The minimum Gasteiger partial charge on any atom is -0.478 e. The van der Waals surface area contributed by atoms with Crippen LogP contribution in [0.4, 0.5) is 4.39 Å². The Morgan fingerprint density at radius 1 is 1.39 bits per heavy atom. The molecule has 4 heteroatoms. The zero-order valence-electron chi connectivity index (χ0n) is 9.58. The van der Waals surface area contributed by atoms with Crippen molar-refractivity contribution >= 4 is 12.2 Å². The minimum atomic E-state index is -1.01. The summed E-state index contributed by atoms with van der Waals surface area (Å²) in [4.78, 5) is 14.8. The van der Waals surface area contributed by atoms with Gasteiger partial charge in [0.1, 0.15) is 5.82 Å². The topological polar surface area (TPSA) is 49.7 Å². The summed E-state index contributed by atoms with van der Waals surface area (Å²) in [5.74, 6) is -1.33. The number of hydrogen-bond acceptors (Lipinski definition) is 2. The fourth-order valence-electron chi connectivity index (χ4n) is 1.90. The van der Waals surface area contributed by atoms with Crippen LogP contribution < -0.4 is 0 Å². The van der Waals surface area contributed by atoms with Crippen molar-refractivity contribution in [3.63, 3.8) is 0 Å². The molecule has 0 fully saturated rings. The number of aliphatic imine (C=N–C) groups is 1. The second kappa shape index (κ2) is 4.96. The van der Waals surface area contributed by atoms with Gasteiger partial charge in [-0.3, -0.25) is 4.99 Å². The quantitative estimate of drug-likeness (QED) is 0.831. The second-order valence-electron chi connectivity index (χ2n) is 4.07. The van der Waals surface area contributed by atoms with Gasteiger partial charge in [-0.1, -0.05) is 24.3 Å². The zero-order chi connectivity index (χ0) is 13.0. The Balaban J connectivity index is 2.42. The van der Waals surface area contributed by atoms with Gasteiger partial charge in [0.15, 0.2) is 0 Å². The molecule has 92 valence electrons. The van der Waals surface area contributed by atoms with Gasteiger partial charge in [-0.05, 0) is 23.8 Å². The van der Waals surface area contributed by atoms with Gasteiger partial charge in [0.2, 0.25) is 0 Å². The van der Waals surface area contributed by atoms with E-state index >= 15 is 0 Å². The van der Waals surface area contributed by atoms with Crippen molar-refractivity contribution in [3.05, 3.63) is 60.0 Å². The number of aliphatic carboxylic acids is 1. The van der Waals surface area contributed by atoms with Crippen molar-refractivity contribution in [2.45, 2.75) is 5.41 Å². The Kier molecular flexibility index (Phi) is 3.37. The van der Waals surface area contributed by atoms with Crippen molar-refractivity contribution in [1.82, 2.24) is 0 Å². The molecule has 1 heterocycles. The fraction of sp³-hybridized carbons (Fsp3) is 0.143. The van der Waals surface area contributed by atoms with Gasteiger partial charge in [0.05, 0.1) is 12.0 Å². The van der Waals surface area contributed by atoms with Crippen molar-refractivity contribution in [2.24, 2.45) is 4.99 Å². The van der Waals surface area contributed by atoms with E-state index in [1.165, 1.54) is 12.1 Å². The SMILES string of the molecule is O=C(O)/C=C/C1(c2ccc(F)cc2)C=CC=NC1. The molecular formula is C14H12FNO2. The third-order valence-electron chi connectivity index (χ3n) is 2.84. The molecule has 1 aromatic rings. The number of carboxylic acid groups (broad SMARTS) is 1. The number of hydrogen-bond donors (Lipinski definition) is 1.